The Balaban J connectivity index is 1.50. The Morgan fingerprint density at radius 1 is 0.714 bits per heavy atom. The smallest absolute Gasteiger partial charge is 0.326 e. The van der Waals surface area contributed by atoms with Gasteiger partial charge in [-0.1, -0.05) is 139 Å². The fourth-order valence-electron chi connectivity index (χ4n) is 4.72. The summed E-state index contributed by atoms with van der Waals surface area (Å²) in [6, 6.07) is 13.1. The number of aliphatic carboxylic acids is 1. The van der Waals surface area contributed by atoms with Gasteiger partial charge in [0.15, 0.2) is 0 Å². The number of fused-ring (bicyclic) bond motifs is 1. The summed E-state index contributed by atoms with van der Waals surface area (Å²) in [6.07, 6.45) is 20.0. The van der Waals surface area contributed by atoms with Crippen LogP contribution in [0.2, 0.25) is 0 Å². The molecule has 194 valence electrons. The van der Waals surface area contributed by atoms with Crippen molar-refractivity contribution in [2.24, 2.45) is 0 Å². The molecule has 1 amide bonds. The van der Waals surface area contributed by atoms with Crippen molar-refractivity contribution in [1.82, 2.24) is 5.32 Å². The van der Waals surface area contributed by atoms with Crippen LogP contribution in [0.25, 0.3) is 10.8 Å². The van der Waals surface area contributed by atoms with Gasteiger partial charge in [-0.25, -0.2) is 4.79 Å². The van der Waals surface area contributed by atoms with Gasteiger partial charge in [-0.2, -0.15) is 0 Å². The topological polar surface area (TPSA) is 66.4 Å². The van der Waals surface area contributed by atoms with Gasteiger partial charge in [0.25, 0.3) is 0 Å². The Kier molecular flexibility index (Phi) is 14.8. The Bertz CT molecular complexity index is 863. The van der Waals surface area contributed by atoms with Crippen molar-refractivity contribution in [2.45, 2.75) is 122 Å². The second-order valence-corrected chi connectivity index (χ2v) is 10.0. The molecule has 0 heterocycles. The summed E-state index contributed by atoms with van der Waals surface area (Å²) < 4.78 is 0. The summed E-state index contributed by atoms with van der Waals surface area (Å²) in [5, 5.41) is 14.5. The van der Waals surface area contributed by atoms with Gasteiger partial charge in [0.1, 0.15) is 6.04 Å². The molecule has 0 aliphatic carbocycles. The molecule has 0 saturated carbocycles. The molecule has 0 saturated heterocycles. The fourth-order valence-corrected chi connectivity index (χ4v) is 4.72. The Morgan fingerprint density at radius 3 is 1.77 bits per heavy atom. The number of rotatable bonds is 20. The van der Waals surface area contributed by atoms with E-state index in [9.17, 15) is 14.7 Å². The first-order valence-electron chi connectivity index (χ1n) is 14.1. The minimum absolute atomic E-state index is 0.159. The Labute approximate surface area is 212 Å². The highest BCUT2D eigenvalue weighted by atomic mass is 16.4. The lowest BCUT2D eigenvalue weighted by Crippen LogP contribution is -2.42. The molecule has 35 heavy (non-hydrogen) atoms. The highest BCUT2D eigenvalue weighted by Gasteiger charge is 2.20. The maximum atomic E-state index is 12.3. The number of hydrogen-bond donors (Lipinski definition) is 2. The number of carbonyl (C=O) groups is 2. The zero-order valence-corrected chi connectivity index (χ0v) is 21.9. The van der Waals surface area contributed by atoms with Crippen molar-refractivity contribution in [2.75, 3.05) is 0 Å². The van der Waals surface area contributed by atoms with Crippen molar-refractivity contribution in [1.29, 1.82) is 0 Å². The SMILES string of the molecule is CCCCCCCCCCCCCCCCCC(=O)NC(Cc1ccc2ccccc2c1)C(=O)O. The normalized spacial score (nSPS) is 12.0. The number of amides is 1. The predicted molar refractivity (Wildman–Crippen MR) is 147 cm³/mol. The average molecular weight is 482 g/mol. The largest absolute Gasteiger partial charge is 0.480 e. The lowest BCUT2D eigenvalue weighted by Gasteiger charge is -2.15. The standard InChI is InChI=1S/C31H47NO3/c1-2-3-4-5-6-7-8-9-10-11-12-13-14-15-16-21-30(33)32-29(31(34)35)25-26-22-23-27-19-17-18-20-28(27)24-26/h17-20,22-24,29H,2-16,21,25H2,1H3,(H,32,33)(H,34,35). The van der Waals surface area contributed by atoms with Gasteiger partial charge in [-0.3, -0.25) is 4.79 Å². The minimum atomic E-state index is -0.983. The van der Waals surface area contributed by atoms with E-state index in [4.69, 9.17) is 0 Å². The molecular formula is C31H47NO3. The van der Waals surface area contributed by atoms with Crippen LogP contribution in [0.5, 0.6) is 0 Å². The van der Waals surface area contributed by atoms with E-state index in [1.54, 1.807) is 0 Å². The molecule has 0 aliphatic heterocycles. The zero-order chi connectivity index (χ0) is 25.1. The zero-order valence-electron chi connectivity index (χ0n) is 21.9. The van der Waals surface area contributed by atoms with Crippen molar-refractivity contribution in [3.8, 4) is 0 Å². The van der Waals surface area contributed by atoms with E-state index in [1.165, 1.54) is 77.0 Å². The second-order valence-electron chi connectivity index (χ2n) is 10.0. The Morgan fingerprint density at radius 2 is 1.23 bits per heavy atom. The summed E-state index contributed by atoms with van der Waals surface area (Å²) >= 11 is 0. The van der Waals surface area contributed by atoms with Gasteiger partial charge < -0.3 is 10.4 Å². The minimum Gasteiger partial charge on any atom is -0.480 e. The van der Waals surface area contributed by atoms with E-state index < -0.39 is 12.0 Å². The van der Waals surface area contributed by atoms with Crippen LogP contribution >= 0.6 is 0 Å². The highest BCUT2D eigenvalue weighted by Crippen LogP contribution is 2.17. The predicted octanol–water partition coefficient (Wildman–Crippen LogP) is 8.21. The molecule has 0 fully saturated rings. The van der Waals surface area contributed by atoms with E-state index in [0.717, 1.165) is 35.6 Å². The van der Waals surface area contributed by atoms with Crippen LogP contribution in [-0.4, -0.2) is 23.0 Å². The number of nitrogens with one attached hydrogen (secondary N) is 1. The third kappa shape index (κ3) is 12.8. The number of carbonyl (C=O) groups excluding carboxylic acids is 1. The lowest BCUT2D eigenvalue weighted by atomic mass is 10.0. The molecule has 0 aliphatic rings. The Hall–Kier alpha value is -2.36. The molecule has 0 bridgehead atoms. The van der Waals surface area contributed by atoms with E-state index >= 15 is 0 Å². The van der Waals surface area contributed by atoms with Gasteiger partial charge in [0.05, 0.1) is 0 Å². The molecule has 4 heteroatoms. The molecule has 2 N–H and O–H groups in total. The average Bonchev–Trinajstić information content (AvgIpc) is 2.86. The number of benzene rings is 2. The maximum Gasteiger partial charge on any atom is 0.326 e. The van der Waals surface area contributed by atoms with Gasteiger partial charge in [-0.15, -0.1) is 0 Å². The maximum absolute atomic E-state index is 12.3. The number of carboxylic acid groups (broad SMARTS) is 1. The fraction of sp³-hybridized carbons (Fsp3) is 0.613. The summed E-state index contributed by atoms with van der Waals surface area (Å²) in [5.41, 5.74) is 0.920. The molecular weight excluding hydrogens is 434 g/mol. The lowest BCUT2D eigenvalue weighted by molar-refractivity contribution is -0.141. The first kappa shape index (κ1) is 28.9. The van der Waals surface area contributed by atoms with Crippen LogP contribution in [-0.2, 0) is 16.0 Å². The van der Waals surface area contributed by atoms with Crippen LogP contribution < -0.4 is 5.32 Å². The first-order chi connectivity index (χ1) is 17.1. The molecule has 0 aromatic heterocycles. The van der Waals surface area contributed by atoms with Crippen LogP contribution in [0.3, 0.4) is 0 Å². The molecule has 2 rings (SSSR count). The van der Waals surface area contributed by atoms with E-state index in [1.807, 2.05) is 42.5 Å². The van der Waals surface area contributed by atoms with E-state index in [2.05, 4.69) is 12.2 Å². The first-order valence-corrected chi connectivity index (χ1v) is 14.1. The van der Waals surface area contributed by atoms with Gasteiger partial charge in [0, 0.05) is 12.8 Å². The van der Waals surface area contributed by atoms with E-state index in [-0.39, 0.29) is 5.91 Å². The second kappa shape index (κ2) is 18.0. The molecule has 1 unspecified atom stereocenters. The van der Waals surface area contributed by atoms with Crippen LogP contribution in [0.15, 0.2) is 42.5 Å². The number of hydrogen-bond acceptors (Lipinski definition) is 2. The van der Waals surface area contributed by atoms with Crippen LogP contribution in [0.1, 0.15) is 115 Å². The van der Waals surface area contributed by atoms with Crippen molar-refractivity contribution >= 4 is 22.6 Å². The van der Waals surface area contributed by atoms with Crippen molar-refractivity contribution in [3.63, 3.8) is 0 Å². The number of carboxylic acids is 1. The third-order valence-electron chi connectivity index (χ3n) is 6.89. The van der Waals surface area contributed by atoms with Crippen molar-refractivity contribution < 1.29 is 14.7 Å². The van der Waals surface area contributed by atoms with Crippen molar-refractivity contribution in [3.05, 3.63) is 48.0 Å². The summed E-state index contributed by atoms with van der Waals surface area (Å²) in [5.74, 6) is -1.14. The third-order valence-corrected chi connectivity index (χ3v) is 6.89. The summed E-state index contributed by atoms with van der Waals surface area (Å²) in [4.78, 5) is 24.0. The number of unbranched alkanes of at least 4 members (excludes halogenated alkanes) is 14. The van der Waals surface area contributed by atoms with Gasteiger partial charge >= 0.3 is 5.97 Å². The van der Waals surface area contributed by atoms with Crippen LogP contribution in [0.4, 0.5) is 0 Å². The molecule has 1 atom stereocenters. The highest BCUT2D eigenvalue weighted by molar-refractivity contribution is 5.85. The quantitative estimate of drug-likeness (QED) is 0.187. The van der Waals surface area contributed by atoms with Gasteiger partial charge in [0.2, 0.25) is 5.91 Å². The summed E-state index contributed by atoms with van der Waals surface area (Å²) in [6.45, 7) is 2.27. The molecule has 2 aromatic carbocycles. The molecule has 2 aromatic rings. The van der Waals surface area contributed by atoms with E-state index in [0.29, 0.717) is 12.8 Å². The van der Waals surface area contributed by atoms with Gasteiger partial charge in [-0.05, 0) is 22.8 Å². The molecule has 0 radical (unpaired) electrons. The molecule has 4 nitrogen and oxygen atoms in total. The molecule has 0 spiro atoms. The summed E-state index contributed by atoms with van der Waals surface area (Å²) in [7, 11) is 0. The van der Waals surface area contributed by atoms with Crippen LogP contribution in [0, 0.1) is 0 Å². The monoisotopic (exact) mass is 481 g/mol.